The largest absolute Gasteiger partial charge is 0.354 e. The molecule has 1 N–H and O–H groups in total. The molecule has 3 aromatic heterocycles. The zero-order chi connectivity index (χ0) is 22.8. The third-order valence-corrected chi connectivity index (χ3v) is 6.28. The third-order valence-electron chi connectivity index (χ3n) is 6.28. The minimum Gasteiger partial charge on any atom is -0.354 e. The Hall–Kier alpha value is -3.58. The van der Waals surface area contributed by atoms with Crippen LogP contribution in [0.2, 0.25) is 0 Å². The lowest BCUT2D eigenvalue weighted by atomic mass is 10.1. The van der Waals surface area contributed by atoms with Gasteiger partial charge in [0.05, 0.1) is 17.6 Å². The molecule has 1 saturated carbocycles. The Balaban J connectivity index is 0.00000274. The molecule has 33 heavy (non-hydrogen) atoms. The molecular weight excluding hydrogens is 414 g/mol. The standard InChI is InChI=1S/C26H27N5O2.H2/c1-17-26(24-13-22(30-33-24)19-9-7-18(8-10-19)14-27-2)29-23(15-28-17)20-11-12-25(32)31(16-20)21-5-3-4-6-21;/h7-13,15-16,21,27H,3-6,14H2,1-2H3;1H. The minimum atomic E-state index is 0. The van der Waals surface area contributed by atoms with Crippen LogP contribution in [0.3, 0.4) is 0 Å². The maximum Gasteiger partial charge on any atom is 0.250 e. The first-order chi connectivity index (χ1) is 16.1. The Kier molecular flexibility index (Phi) is 5.88. The van der Waals surface area contributed by atoms with E-state index in [1.54, 1.807) is 12.3 Å². The van der Waals surface area contributed by atoms with E-state index in [1.165, 1.54) is 18.4 Å². The first-order valence-corrected chi connectivity index (χ1v) is 11.4. The van der Waals surface area contributed by atoms with Crippen molar-refractivity contribution < 1.29 is 5.95 Å². The number of aryl methyl sites for hydroxylation is 1. The number of pyridine rings is 1. The fourth-order valence-electron chi connectivity index (χ4n) is 4.47. The molecule has 5 rings (SSSR count). The highest BCUT2D eigenvalue weighted by molar-refractivity contribution is 5.68. The van der Waals surface area contributed by atoms with E-state index in [1.807, 2.05) is 49.0 Å². The summed E-state index contributed by atoms with van der Waals surface area (Å²) in [7, 11) is 1.93. The molecule has 0 bridgehead atoms. The van der Waals surface area contributed by atoms with Crippen molar-refractivity contribution in [3.05, 3.63) is 76.5 Å². The van der Waals surface area contributed by atoms with Crippen molar-refractivity contribution in [1.29, 1.82) is 0 Å². The van der Waals surface area contributed by atoms with E-state index < -0.39 is 0 Å². The maximum absolute atomic E-state index is 12.4. The molecule has 1 aliphatic rings. The lowest BCUT2D eigenvalue weighted by molar-refractivity contribution is 0.433. The molecule has 0 atom stereocenters. The number of benzene rings is 1. The Morgan fingerprint density at radius 1 is 1.09 bits per heavy atom. The SMILES string of the molecule is CNCc1ccc(-c2cc(-c3nc(-c4ccc(=O)n(C5CCCC5)c4)cnc3C)on2)cc1.[HH]. The highest BCUT2D eigenvalue weighted by Crippen LogP contribution is 2.31. The van der Waals surface area contributed by atoms with Crippen molar-refractivity contribution in [3.8, 4) is 34.0 Å². The van der Waals surface area contributed by atoms with Crippen molar-refractivity contribution in [2.24, 2.45) is 0 Å². The van der Waals surface area contributed by atoms with E-state index in [4.69, 9.17) is 9.51 Å². The first-order valence-electron chi connectivity index (χ1n) is 11.4. The summed E-state index contributed by atoms with van der Waals surface area (Å²) in [5.74, 6) is 0.570. The van der Waals surface area contributed by atoms with Crippen LogP contribution in [0.15, 0.2) is 64.2 Å². The number of aromatic nitrogens is 4. The molecule has 170 valence electrons. The molecular formula is C26H29N5O2. The Morgan fingerprint density at radius 3 is 2.61 bits per heavy atom. The molecule has 0 radical (unpaired) electrons. The second-order valence-corrected chi connectivity index (χ2v) is 8.59. The fraction of sp³-hybridized carbons (Fsp3) is 0.308. The molecule has 7 nitrogen and oxygen atoms in total. The predicted octanol–water partition coefficient (Wildman–Crippen LogP) is 5.02. The fourth-order valence-corrected chi connectivity index (χ4v) is 4.47. The summed E-state index contributed by atoms with van der Waals surface area (Å²) >= 11 is 0. The number of hydrogen-bond acceptors (Lipinski definition) is 6. The molecule has 1 fully saturated rings. The van der Waals surface area contributed by atoms with Crippen LogP contribution < -0.4 is 10.9 Å². The normalized spacial score (nSPS) is 14.1. The molecule has 0 saturated heterocycles. The predicted molar refractivity (Wildman–Crippen MR) is 130 cm³/mol. The number of nitrogens with one attached hydrogen (secondary N) is 1. The van der Waals surface area contributed by atoms with Crippen molar-refractivity contribution >= 4 is 0 Å². The molecule has 0 aliphatic heterocycles. The topological polar surface area (TPSA) is 85.8 Å². The van der Waals surface area contributed by atoms with Gasteiger partial charge in [-0.25, -0.2) is 4.98 Å². The molecule has 0 unspecified atom stereocenters. The summed E-state index contributed by atoms with van der Waals surface area (Å²) in [5.41, 5.74) is 5.96. The molecule has 0 amide bonds. The number of nitrogens with zero attached hydrogens (tertiary/aromatic N) is 4. The van der Waals surface area contributed by atoms with Crippen molar-refractivity contribution in [2.75, 3.05) is 7.05 Å². The second kappa shape index (κ2) is 9.11. The Bertz CT molecular complexity index is 1320. The minimum absolute atomic E-state index is 0. The van der Waals surface area contributed by atoms with Gasteiger partial charge in [-0.1, -0.05) is 42.3 Å². The van der Waals surface area contributed by atoms with Crippen LogP contribution in [0.25, 0.3) is 34.0 Å². The smallest absolute Gasteiger partial charge is 0.250 e. The summed E-state index contributed by atoms with van der Waals surface area (Å²) in [6.45, 7) is 2.72. The van der Waals surface area contributed by atoms with Crippen LogP contribution >= 0.6 is 0 Å². The highest BCUT2D eigenvalue weighted by Gasteiger charge is 2.19. The van der Waals surface area contributed by atoms with Gasteiger partial charge in [0.15, 0.2) is 5.76 Å². The molecule has 1 aliphatic carbocycles. The summed E-state index contributed by atoms with van der Waals surface area (Å²) in [6.07, 6.45) is 8.09. The van der Waals surface area contributed by atoms with Gasteiger partial charge in [-0.05, 0) is 38.4 Å². The number of rotatable bonds is 6. The summed E-state index contributed by atoms with van der Waals surface area (Å²) in [6, 6.07) is 13.8. The van der Waals surface area contributed by atoms with Gasteiger partial charge in [0.2, 0.25) is 0 Å². The van der Waals surface area contributed by atoms with Gasteiger partial charge in [0.25, 0.3) is 5.56 Å². The van der Waals surface area contributed by atoms with Gasteiger partial charge in [-0.2, -0.15) is 0 Å². The van der Waals surface area contributed by atoms with Crippen molar-refractivity contribution in [1.82, 2.24) is 25.0 Å². The van der Waals surface area contributed by atoms with E-state index >= 15 is 0 Å². The Morgan fingerprint density at radius 2 is 1.85 bits per heavy atom. The first kappa shape index (κ1) is 21.3. The monoisotopic (exact) mass is 443 g/mol. The van der Waals surface area contributed by atoms with Gasteiger partial charge >= 0.3 is 0 Å². The van der Waals surface area contributed by atoms with E-state index in [0.717, 1.165) is 41.9 Å². The van der Waals surface area contributed by atoms with E-state index in [9.17, 15) is 4.79 Å². The Labute approximate surface area is 194 Å². The molecule has 7 heteroatoms. The highest BCUT2D eigenvalue weighted by atomic mass is 16.5. The van der Waals surface area contributed by atoms with Gasteiger partial charge in [0.1, 0.15) is 11.4 Å². The lowest BCUT2D eigenvalue weighted by Gasteiger charge is -2.14. The molecule has 4 aromatic rings. The second-order valence-electron chi connectivity index (χ2n) is 8.59. The maximum atomic E-state index is 12.4. The lowest BCUT2D eigenvalue weighted by Crippen LogP contribution is -2.22. The zero-order valence-electron chi connectivity index (χ0n) is 18.9. The van der Waals surface area contributed by atoms with Crippen LogP contribution in [0.5, 0.6) is 0 Å². The van der Waals surface area contributed by atoms with Gasteiger partial charge in [-0.3, -0.25) is 9.78 Å². The van der Waals surface area contributed by atoms with Gasteiger partial charge in [-0.15, -0.1) is 0 Å². The summed E-state index contributed by atoms with van der Waals surface area (Å²) < 4.78 is 7.51. The van der Waals surface area contributed by atoms with Gasteiger partial charge < -0.3 is 14.4 Å². The average Bonchev–Trinajstić information content (AvgIpc) is 3.53. The van der Waals surface area contributed by atoms with Crippen LogP contribution in [0.1, 0.15) is 44.4 Å². The summed E-state index contributed by atoms with van der Waals surface area (Å²) in [4.78, 5) is 21.8. The molecule has 1 aromatic carbocycles. The van der Waals surface area contributed by atoms with Gasteiger partial charge in [0, 0.05) is 43.5 Å². The third kappa shape index (κ3) is 4.36. The van der Waals surface area contributed by atoms with Crippen LogP contribution in [0.4, 0.5) is 0 Å². The number of hydrogen-bond donors (Lipinski definition) is 1. The average molecular weight is 444 g/mol. The molecule has 0 spiro atoms. The summed E-state index contributed by atoms with van der Waals surface area (Å²) in [5, 5.41) is 7.40. The van der Waals surface area contributed by atoms with Crippen LogP contribution in [0, 0.1) is 6.92 Å². The zero-order valence-corrected chi connectivity index (χ0v) is 18.9. The van der Waals surface area contributed by atoms with Crippen molar-refractivity contribution in [3.63, 3.8) is 0 Å². The molecule has 3 heterocycles. The van der Waals surface area contributed by atoms with Crippen LogP contribution in [-0.4, -0.2) is 26.7 Å². The van der Waals surface area contributed by atoms with Crippen LogP contribution in [-0.2, 0) is 6.54 Å². The van der Waals surface area contributed by atoms with E-state index in [0.29, 0.717) is 17.1 Å². The van der Waals surface area contributed by atoms with E-state index in [2.05, 4.69) is 27.6 Å². The van der Waals surface area contributed by atoms with Crippen molar-refractivity contribution in [2.45, 2.75) is 45.2 Å². The van der Waals surface area contributed by atoms with E-state index in [-0.39, 0.29) is 13.0 Å². The quantitative estimate of drug-likeness (QED) is 0.450.